The molecular formula is C17H14FN5O. The molecule has 0 bridgehead atoms. The quantitative estimate of drug-likeness (QED) is 0.697. The molecule has 0 aliphatic heterocycles. The molecule has 0 spiro atoms. The number of Topliss-reactive ketones (excluding diaryl/α,β-unsaturated/α-hetero) is 1. The molecular weight excluding hydrogens is 309 g/mol. The average molecular weight is 323 g/mol. The Morgan fingerprint density at radius 3 is 2.71 bits per heavy atom. The number of hydrogen-bond acceptors (Lipinski definition) is 6. The molecule has 3 rings (SSSR count). The lowest BCUT2D eigenvalue weighted by molar-refractivity contribution is 0.101. The van der Waals surface area contributed by atoms with E-state index in [1.807, 2.05) is 0 Å². The number of rotatable bonds is 5. The van der Waals surface area contributed by atoms with Crippen LogP contribution in [-0.2, 0) is 0 Å². The number of carbonyl (C=O) groups is 1. The van der Waals surface area contributed by atoms with Crippen molar-refractivity contribution >= 4 is 28.9 Å². The summed E-state index contributed by atoms with van der Waals surface area (Å²) >= 11 is 0. The van der Waals surface area contributed by atoms with Crippen LogP contribution in [0.3, 0.4) is 0 Å². The van der Waals surface area contributed by atoms with Gasteiger partial charge in [0.25, 0.3) is 0 Å². The molecule has 1 aromatic heterocycles. The van der Waals surface area contributed by atoms with Crippen LogP contribution in [0.15, 0.2) is 54.7 Å². The molecule has 1 heterocycles. The van der Waals surface area contributed by atoms with Crippen LogP contribution in [0.5, 0.6) is 0 Å². The lowest BCUT2D eigenvalue weighted by Gasteiger charge is -2.08. The van der Waals surface area contributed by atoms with Crippen LogP contribution in [0, 0.1) is 5.82 Å². The average Bonchev–Trinajstić information content (AvgIpc) is 2.57. The first kappa shape index (κ1) is 15.5. The second kappa shape index (κ2) is 6.82. The van der Waals surface area contributed by atoms with Crippen molar-refractivity contribution < 1.29 is 9.18 Å². The number of hydrogen-bond donors (Lipinski definition) is 2. The molecule has 3 aromatic rings. The van der Waals surface area contributed by atoms with Gasteiger partial charge in [0, 0.05) is 11.3 Å². The van der Waals surface area contributed by atoms with Gasteiger partial charge >= 0.3 is 0 Å². The highest BCUT2D eigenvalue weighted by Gasteiger charge is 2.06. The Morgan fingerprint density at radius 2 is 1.92 bits per heavy atom. The van der Waals surface area contributed by atoms with Gasteiger partial charge < -0.3 is 10.6 Å². The summed E-state index contributed by atoms with van der Waals surface area (Å²) in [6.07, 6.45) is 1.39. The Morgan fingerprint density at radius 1 is 1.08 bits per heavy atom. The number of halogens is 1. The number of para-hydroxylation sites is 1. The molecule has 0 unspecified atom stereocenters. The number of anilines is 4. The van der Waals surface area contributed by atoms with E-state index < -0.39 is 0 Å². The van der Waals surface area contributed by atoms with Crippen LogP contribution < -0.4 is 10.6 Å². The Balaban J connectivity index is 1.79. The fourth-order valence-corrected chi connectivity index (χ4v) is 2.06. The molecule has 2 aromatic carbocycles. The maximum Gasteiger partial charge on any atom is 0.249 e. The molecule has 0 radical (unpaired) electrons. The number of carbonyl (C=O) groups excluding carboxylic acids is 1. The Hall–Kier alpha value is -3.35. The van der Waals surface area contributed by atoms with Gasteiger partial charge in [0.05, 0.1) is 11.9 Å². The topological polar surface area (TPSA) is 79.8 Å². The molecule has 7 heteroatoms. The Kier molecular flexibility index (Phi) is 4.42. The third-order valence-corrected chi connectivity index (χ3v) is 3.22. The van der Waals surface area contributed by atoms with Gasteiger partial charge in [-0.1, -0.05) is 24.3 Å². The maximum atomic E-state index is 13.7. The zero-order valence-electron chi connectivity index (χ0n) is 12.8. The summed E-state index contributed by atoms with van der Waals surface area (Å²) in [7, 11) is 0. The van der Waals surface area contributed by atoms with Crippen LogP contribution >= 0.6 is 0 Å². The van der Waals surface area contributed by atoms with Gasteiger partial charge in [-0.05, 0) is 31.2 Å². The molecule has 0 atom stereocenters. The number of nitrogens with one attached hydrogen (secondary N) is 2. The van der Waals surface area contributed by atoms with Gasteiger partial charge in [0.2, 0.25) is 5.95 Å². The maximum absolute atomic E-state index is 13.7. The molecule has 120 valence electrons. The van der Waals surface area contributed by atoms with Crippen LogP contribution in [0.25, 0.3) is 0 Å². The second-order valence-corrected chi connectivity index (χ2v) is 5.03. The first-order valence-corrected chi connectivity index (χ1v) is 7.21. The summed E-state index contributed by atoms with van der Waals surface area (Å²) < 4.78 is 13.7. The molecule has 0 saturated carbocycles. The van der Waals surface area contributed by atoms with E-state index in [1.54, 1.807) is 42.5 Å². The SMILES string of the molecule is CC(=O)c1cccc(Nc2nncc(Nc3ccccc3F)n2)c1. The smallest absolute Gasteiger partial charge is 0.249 e. The van der Waals surface area contributed by atoms with Crippen LogP contribution in [0.4, 0.5) is 27.5 Å². The molecule has 0 aliphatic rings. The van der Waals surface area contributed by atoms with E-state index in [0.29, 0.717) is 22.8 Å². The first-order valence-electron chi connectivity index (χ1n) is 7.21. The number of aromatic nitrogens is 3. The van der Waals surface area contributed by atoms with Gasteiger partial charge in [-0.3, -0.25) is 4.79 Å². The van der Waals surface area contributed by atoms with Gasteiger partial charge in [0.1, 0.15) is 5.82 Å². The van der Waals surface area contributed by atoms with Crippen molar-refractivity contribution in [1.82, 2.24) is 15.2 Å². The highest BCUT2D eigenvalue weighted by molar-refractivity contribution is 5.95. The highest BCUT2D eigenvalue weighted by Crippen LogP contribution is 2.19. The monoisotopic (exact) mass is 323 g/mol. The van der Waals surface area contributed by atoms with Gasteiger partial charge in [0.15, 0.2) is 11.6 Å². The summed E-state index contributed by atoms with van der Waals surface area (Å²) in [5.41, 5.74) is 1.53. The minimum atomic E-state index is -0.389. The van der Waals surface area contributed by atoms with E-state index in [2.05, 4.69) is 25.8 Å². The third kappa shape index (κ3) is 3.70. The van der Waals surface area contributed by atoms with Crippen molar-refractivity contribution in [3.63, 3.8) is 0 Å². The van der Waals surface area contributed by atoms with Gasteiger partial charge in [-0.15, -0.1) is 5.10 Å². The van der Waals surface area contributed by atoms with Crippen LogP contribution in [0.2, 0.25) is 0 Å². The standard InChI is InChI=1S/C17H14FN5O/c1-11(24)12-5-4-6-13(9-12)20-17-22-16(10-19-23-17)21-15-8-3-2-7-14(15)18/h2-10H,1H3,(H2,20,21,22,23). The van der Waals surface area contributed by atoms with Crippen molar-refractivity contribution in [3.8, 4) is 0 Å². The molecule has 2 N–H and O–H groups in total. The largest absolute Gasteiger partial charge is 0.336 e. The second-order valence-electron chi connectivity index (χ2n) is 5.03. The Bertz CT molecular complexity index is 884. The Labute approximate surface area is 137 Å². The normalized spacial score (nSPS) is 10.2. The molecule has 24 heavy (non-hydrogen) atoms. The van der Waals surface area contributed by atoms with E-state index in [0.717, 1.165) is 0 Å². The molecule has 0 saturated heterocycles. The molecule has 0 fully saturated rings. The number of nitrogens with zero attached hydrogens (tertiary/aromatic N) is 3. The van der Waals surface area contributed by atoms with E-state index in [4.69, 9.17) is 0 Å². The molecule has 6 nitrogen and oxygen atoms in total. The van der Waals surface area contributed by atoms with Crippen molar-refractivity contribution in [1.29, 1.82) is 0 Å². The van der Waals surface area contributed by atoms with Crippen molar-refractivity contribution in [2.45, 2.75) is 6.92 Å². The summed E-state index contributed by atoms with van der Waals surface area (Å²) in [6.45, 7) is 1.50. The summed E-state index contributed by atoms with van der Waals surface area (Å²) in [5, 5.41) is 13.5. The minimum absolute atomic E-state index is 0.0346. The van der Waals surface area contributed by atoms with E-state index in [1.165, 1.54) is 19.2 Å². The zero-order chi connectivity index (χ0) is 16.9. The first-order chi connectivity index (χ1) is 11.6. The van der Waals surface area contributed by atoms with Crippen molar-refractivity contribution in [2.24, 2.45) is 0 Å². The summed E-state index contributed by atoms with van der Waals surface area (Å²) in [6, 6.07) is 13.2. The van der Waals surface area contributed by atoms with Crippen molar-refractivity contribution in [3.05, 3.63) is 66.1 Å². The third-order valence-electron chi connectivity index (χ3n) is 3.22. The predicted octanol–water partition coefficient (Wildman–Crippen LogP) is 3.70. The molecule has 0 aliphatic carbocycles. The lowest BCUT2D eigenvalue weighted by Crippen LogP contribution is -2.03. The van der Waals surface area contributed by atoms with Crippen LogP contribution in [-0.4, -0.2) is 21.0 Å². The van der Waals surface area contributed by atoms with E-state index >= 15 is 0 Å². The molecule has 0 amide bonds. The predicted molar refractivity (Wildman–Crippen MR) is 89.2 cm³/mol. The summed E-state index contributed by atoms with van der Waals surface area (Å²) in [5.74, 6) is 0.157. The number of benzene rings is 2. The van der Waals surface area contributed by atoms with Gasteiger partial charge in [-0.25, -0.2) is 4.39 Å². The fourth-order valence-electron chi connectivity index (χ4n) is 2.06. The fraction of sp³-hybridized carbons (Fsp3) is 0.0588. The highest BCUT2D eigenvalue weighted by atomic mass is 19.1. The van der Waals surface area contributed by atoms with Gasteiger partial charge in [-0.2, -0.15) is 10.1 Å². The summed E-state index contributed by atoms with van der Waals surface area (Å²) in [4.78, 5) is 15.7. The minimum Gasteiger partial charge on any atom is -0.336 e. The van der Waals surface area contributed by atoms with Crippen molar-refractivity contribution in [2.75, 3.05) is 10.6 Å². The zero-order valence-corrected chi connectivity index (χ0v) is 12.8. The number of ketones is 1. The van der Waals surface area contributed by atoms with E-state index in [-0.39, 0.29) is 17.5 Å². The lowest BCUT2D eigenvalue weighted by atomic mass is 10.1. The van der Waals surface area contributed by atoms with E-state index in [9.17, 15) is 9.18 Å². The van der Waals surface area contributed by atoms with Crippen LogP contribution in [0.1, 0.15) is 17.3 Å².